The third-order valence-electron chi connectivity index (χ3n) is 14.8. The lowest BCUT2D eigenvalue weighted by Crippen LogP contribution is -2.32. The van der Waals surface area contributed by atoms with Crippen LogP contribution >= 0.6 is 0 Å². The molecule has 9 aromatic rings. The molecular formula is C64H56N2. The van der Waals surface area contributed by atoms with Crippen molar-refractivity contribution < 1.29 is 0 Å². The number of benzene rings is 9. The van der Waals surface area contributed by atoms with Crippen LogP contribution in [0.3, 0.4) is 0 Å². The van der Waals surface area contributed by atoms with Crippen LogP contribution in [0.4, 0.5) is 34.1 Å². The molecule has 322 valence electrons. The monoisotopic (exact) mass is 852 g/mol. The molecule has 1 saturated carbocycles. The van der Waals surface area contributed by atoms with Gasteiger partial charge in [-0.3, -0.25) is 0 Å². The second-order valence-electron chi connectivity index (χ2n) is 19.1. The van der Waals surface area contributed by atoms with Crippen molar-refractivity contribution in [2.75, 3.05) is 9.80 Å². The Hall–Kier alpha value is -7.42. The fourth-order valence-electron chi connectivity index (χ4n) is 11.1. The van der Waals surface area contributed by atoms with E-state index >= 15 is 0 Å². The van der Waals surface area contributed by atoms with Gasteiger partial charge in [0.05, 0.1) is 0 Å². The molecule has 0 amide bonds. The van der Waals surface area contributed by atoms with Crippen LogP contribution in [0.5, 0.6) is 0 Å². The number of fused-ring (bicyclic) bond motifs is 3. The summed E-state index contributed by atoms with van der Waals surface area (Å²) in [6.07, 6.45) is 4.68. The third kappa shape index (κ3) is 7.41. The molecule has 66 heavy (non-hydrogen) atoms. The predicted octanol–water partition coefficient (Wildman–Crippen LogP) is 17.8. The molecule has 0 spiro atoms. The minimum absolute atomic E-state index is 0.0735. The Labute approximate surface area is 391 Å². The first-order chi connectivity index (χ1) is 32.4. The number of hydrogen-bond donors (Lipinski definition) is 0. The Balaban J connectivity index is 0.991. The summed E-state index contributed by atoms with van der Waals surface area (Å²) in [5.74, 6) is 0.719. The molecular weight excluding hydrogens is 797 g/mol. The van der Waals surface area contributed by atoms with E-state index in [1.807, 2.05) is 0 Å². The topological polar surface area (TPSA) is 6.48 Å². The summed E-state index contributed by atoms with van der Waals surface area (Å²) in [5.41, 5.74) is 19.9. The molecule has 2 aliphatic rings. The van der Waals surface area contributed by atoms with Crippen molar-refractivity contribution in [3.63, 3.8) is 0 Å². The van der Waals surface area contributed by atoms with Crippen molar-refractivity contribution in [3.8, 4) is 33.4 Å². The summed E-state index contributed by atoms with van der Waals surface area (Å²) in [5, 5.41) is 0. The minimum atomic E-state index is -0.169. The van der Waals surface area contributed by atoms with Crippen molar-refractivity contribution in [1.82, 2.24) is 0 Å². The van der Waals surface area contributed by atoms with Crippen LogP contribution in [0.15, 0.2) is 231 Å². The first kappa shape index (κ1) is 41.3. The van der Waals surface area contributed by atoms with Crippen molar-refractivity contribution in [2.24, 2.45) is 5.92 Å². The molecule has 11 rings (SSSR count). The van der Waals surface area contributed by atoms with Crippen LogP contribution in [0.1, 0.15) is 68.7 Å². The maximum Gasteiger partial charge on any atom is 0.0465 e. The second-order valence-corrected chi connectivity index (χ2v) is 19.1. The predicted molar refractivity (Wildman–Crippen MR) is 279 cm³/mol. The third-order valence-corrected chi connectivity index (χ3v) is 14.8. The minimum Gasteiger partial charge on any atom is -0.311 e. The molecule has 2 nitrogen and oxygen atoms in total. The number of para-hydroxylation sites is 2. The Morgan fingerprint density at radius 3 is 1.32 bits per heavy atom. The van der Waals surface area contributed by atoms with Gasteiger partial charge in [-0.05, 0) is 160 Å². The molecule has 0 radical (unpaired) electrons. The van der Waals surface area contributed by atoms with E-state index in [-0.39, 0.29) is 10.8 Å². The lowest BCUT2D eigenvalue weighted by atomic mass is 9.63. The Bertz CT molecular complexity index is 3040. The van der Waals surface area contributed by atoms with Gasteiger partial charge >= 0.3 is 0 Å². The van der Waals surface area contributed by atoms with E-state index in [1.54, 1.807) is 0 Å². The Morgan fingerprint density at radius 2 is 0.788 bits per heavy atom. The zero-order valence-corrected chi connectivity index (χ0v) is 38.2. The summed E-state index contributed by atoms with van der Waals surface area (Å²) in [6.45, 7) is 7.21. The molecule has 0 aliphatic heterocycles. The molecule has 0 bridgehead atoms. The van der Waals surface area contributed by atoms with Gasteiger partial charge in [0.15, 0.2) is 0 Å². The van der Waals surface area contributed by atoms with Crippen LogP contribution < -0.4 is 9.80 Å². The van der Waals surface area contributed by atoms with Gasteiger partial charge in [-0.25, -0.2) is 0 Å². The van der Waals surface area contributed by atoms with Crippen molar-refractivity contribution >= 4 is 34.1 Å². The molecule has 0 unspecified atom stereocenters. The molecule has 0 aromatic heterocycles. The van der Waals surface area contributed by atoms with Crippen LogP contribution in [0.25, 0.3) is 33.4 Å². The van der Waals surface area contributed by atoms with E-state index in [1.165, 1.54) is 68.5 Å². The Morgan fingerprint density at radius 1 is 0.364 bits per heavy atom. The smallest absolute Gasteiger partial charge is 0.0465 e. The molecule has 1 fully saturated rings. The van der Waals surface area contributed by atoms with Gasteiger partial charge in [-0.2, -0.15) is 0 Å². The first-order valence-electron chi connectivity index (χ1n) is 23.8. The van der Waals surface area contributed by atoms with Crippen LogP contribution in [-0.2, 0) is 10.8 Å². The van der Waals surface area contributed by atoms with Gasteiger partial charge < -0.3 is 9.80 Å². The summed E-state index contributed by atoms with van der Waals surface area (Å²) in [7, 11) is 0. The summed E-state index contributed by atoms with van der Waals surface area (Å²) in [6, 6.07) is 85.2. The lowest BCUT2D eigenvalue weighted by Gasteiger charge is -2.41. The van der Waals surface area contributed by atoms with Gasteiger partial charge in [0.2, 0.25) is 0 Å². The largest absolute Gasteiger partial charge is 0.311 e. The molecule has 0 heterocycles. The SMILES string of the molecule is CC1CCC(c2ccc(N(c3ccccc3)c3ccccc3)cc2)(c2ccc(N(c3ccc(-c4ccccc4)cc3)c3ccc4c(c3)C(C)(C)c3cccc(-c5ccccc5)c3-4)cc2)CC1. The fourth-order valence-corrected chi connectivity index (χ4v) is 11.1. The highest BCUT2D eigenvalue weighted by atomic mass is 15.1. The van der Waals surface area contributed by atoms with E-state index in [9.17, 15) is 0 Å². The fraction of sp³-hybridized carbons (Fsp3) is 0.156. The highest BCUT2D eigenvalue weighted by Crippen LogP contribution is 2.54. The Kier molecular flexibility index (Phi) is 10.7. The summed E-state index contributed by atoms with van der Waals surface area (Å²) in [4.78, 5) is 4.82. The number of hydrogen-bond acceptors (Lipinski definition) is 2. The van der Waals surface area contributed by atoms with Gasteiger partial charge in [-0.1, -0.05) is 178 Å². The van der Waals surface area contributed by atoms with Gasteiger partial charge in [0.1, 0.15) is 0 Å². The zero-order chi connectivity index (χ0) is 44.7. The molecule has 0 saturated heterocycles. The molecule has 2 aliphatic carbocycles. The zero-order valence-electron chi connectivity index (χ0n) is 38.2. The van der Waals surface area contributed by atoms with Crippen LogP contribution in [0, 0.1) is 5.92 Å². The highest BCUT2D eigenvalue weighted by Gasteiger charge is 2.39. The second kappa shape index (κ2) is 17.2. The highest BCUT2D eigenvalue weighted by molar-refractivity contribution is 5.94. The molecule has 0 atom stereocenters. The van der Waals surface area contributed by atoms with Crippen LogP contribution in [-0.4, -0.2) is 0 Å². The first-order valence-corrected chi connectivity index (χ1v) is 23.8. The quantitative estimate of drug-likeness (QED) is 0.135. The van der Waals surface area contributed by atoms with Crippen molar-refractivity contribution in [1.29, 1.82) is 0 Å². The van der Waals surface area contributed by atoms with Crippen LogP contribution in [0.2, 0.25) is 0 Å². The summed E-state index contributed by atoms with van der Waals surface area (Å²) < 4.78 is 0. The van der Waals surface area contributed by atoms with Crippen molar-refractivity contribution in [2.45, 2.75) is 57.3 Å². The van der Waals surface area contributed by atoms with Gasteiger partial charge in [0, 0.05) is 45.0 Å². The maximum absolute atomic E-state index is 2.46. The number of anilines is 6. The average molecular weight is 853 g/mol. The molecule has 0 N–H and O–H groups in total. The normalized spacial score (nSPS) is 17.1. The van der Waals surface area contributed by atoms with E-state index in [0.29, 0.717) is 0 Å². The van der Waals surface area contributed by atoms with E-state index in [0.717, 1.165) is 52.9 Å². The van der Waals surface area contributed by atoms with Gasteiger partial charge in [0.25, 0.3) is 0 Å². The summed E-state index contributed by atoms with van der Waals surface area (Å²) >= 11 is 0. The van der Waals surface area contributed by atoms with E-state index in [4.69, 9.17) is 0 Å². The molecule has 9 aromatic carbocycles. The maximum atomic E-state index is 2.46. The number of nitrogens with zero attached hydrogens (tertiary/aromatic N) is 2. The lowest BCUT2D eigenvalue weighted by molar-refractivity contribution is 0.280. The van der Waals surface area contributed by atoms with Crippen molar-refractivity contribution in [3.05, 3.63) is 253 Å². The van der Waals surface area contributed by atoms with Gasteiger partial charge in [-0.15, -0.1) is 0 Å². The average Bonchev–Trinajstić information content (AvgIpc) is 3.61. The van der Waals surface area contributed by atoms with E-state index < -0.39 is 0 Å². The number of rotatable bonds is 10. The standard InChI is InChI=1S/C64H56N2/c1-46-41-43-64(44-42-46,50-29-35-55(36-30-50)65(52-21-12-6-13-22-52)53-23-14-7-15-24-53)51-31-37-56(38-32-51)66(54-33-27-48(28-34-54)47-17-8-4-9-18-47)57-39-40-59-61(45-57)63(2,3)60-26-16-25-58(62(59)60)49-19-10-5-11-20-49/h4-40,45-46H,41-44H2,1-3H3. The molecule has 2 heteroatoms. The van der Waals surface area contributed by atoms with E-state index in [2.05, 4.69) is 261 Å².